The molecule has 2 heterocycles. The molecule has 2 aromatic heterocycles. The molecule has 10 heteroatoms. The number of carboxylic acid groups (broad SMARTS) is 1. The smallest absolute Gasteiger partial charge is 0.322 e. The molecule has 0 saturated heterocycles. The minimum Gasteiger partial charge on any atom is -0.480 e. The average Bonchev–Trinajstić information content (AvgIpc) is 3.41. The summed E-state index contributed by atoms with van der Waals surface area (Å²) in [6.07, 6.45) is 6.23. The standard InChI is InChI=1S/C23H20F2N2O4S2/c1-13(14-2-4-16(24)5-3-14)21-8-9-22(32-21)33(30,31)27-20(23(28)29)10-15-12-26-19-7-6-17(25)11-18(15)19/h2,4-9,11-12,20,26-27H,3,10H2,1H3,(H,28,29). The molecule has 0 amide bonds. The number of allylic oxidation sites excluding steroid dienone is 6. The number of fused-ring (bicyclic) bond motifs is 1. The molecule has 6 nitrogen and oxygen atoms in total. The summed E-state index contributed by atoms with van der Waals surface area (Å²) in [6.45, 7) is 1.82. The van der Waals surface area contributed by atoms with Crippen LogP contribution >= 0.6 is 11.3 Å². The summed E-state index contributed by atoms with van der Waals surface area (Å²) in [4.78, 5) is 15.4. The van der Waals surface area contributed by atoms with E-state index in [1.54, 1.807) is 18.3 Å². The van der Waals surface area contributed by atoms with Gasteiger partial charge in [0.05, 0.1) is 0 Å². The van der Waals surface area contributed by atoms with E-state index in [0.29, 0.717) is 27.8 Å². The molecule has 1 aliphatic carbocycles. The fourth-order valence-electron chi connectivity index (χ4n) is 3.59. The van der Waals surface area contributed by atoms with Gasteiger partial charge < -0.3 is 10.1 Å². The van der Waals surface area contributed by atoms with Crippen LogP contribution in [0.1, 0.15) is 23.8 Å². The van der Waals surface area contributed by atoms with E-state index in [2.05, 4.69) is 9.71 Å². The molecule has 1 unspecified atom stereocenters. The van der Waals surface area contributed by atoms with Gasteiger partial charge in [-0.2, -0.15) is 4.72 Å². The number of aliphatic carboxylic acids is 1. The number of aromatic amines is 1. The van der Waals surface area contributed by atoms with Crippen LogP contribution in [0.25, 0.3) is 16.5 Å². The van der Waals surface area contributed by atoms with Crippen molar-refractivity contribution in [1.29, 1.82) is 0 Å². The number of hydrogen-bond acceptors (Lipinski definition) is 4. The number of hydrogen-bond donors (Lipinski definition) is 3. The summed E-state index contributed by atoms with van der Waals surface area (Å²) in [5.74, 6) is -2.14. The maximum Gasteiger partial charge on any atom is 0.322 e. The quantitative estimate of drug-likeness (QED) is 0.437. The van der Waals surface area contributed by atoms with Crippen LogP contribution in [-0.4, -0.2) is 30.5 Å². The van der Waals surface area contributed by atoms with Gasteiger partial charge in [0.15, 0.2) is 0 Å². The van der Waals surface area contributed by atoms with Crippen LogP contribution in [-0.2, 0) is 21.2 Å². The number of sulfonamides is 1. The lowest BCUT2D eigenvalue weighted by atomic mass is 10.0. The summed E-state index contributed by atoms with van der Waals surface area (Å²) in [6, 6.07) is 5.69. The molecule has 1 aliphatic rings. The number of aromatic nitrogens is 1. The third kappa shape index (κ3) is 4.97. The zero-order chi connectivity index (χ0) is 23.8. The van der Waals surface area contributed by atoms with Crippen LogP contribution in [0.15, 0.2) is 70.4 Å². The summed E-state index contributed by atoms with van der Waals surface area (Å²) in [7, 11) is -4.13. The molecule has 3 aromatic rings. The van der Waals surface area contributed by atoms with Crippen molar-refractivity contribution in [2.45, 2.75) is 30.0 Å². The molecule has 33 heavy (non-hydrogen) atoms. The number of rotatable bonds is 7. The lowest BCUT2D eigenvalue weighted by Crippen LogP contribution is -2.42. The fourth-order valence-corrected chi connectivity index (χ4v) is 6.14. The van der Waals surface area contributed by atoms with Crippen molar-refractivity contribution in [2.75, 3.05) is 0 Å². The molecule has 172 valence electrons. The molecule has 0 bridgehead atoms. The van der Waals surface area contributed by atoms with Gasteiger partial charge in [0.25, 0.3) is 10.0 Å². The first-order valence-corrected chi connectivity index (χ1v) is 12.3. The van der Waals surface area contributed by atoms with Gasteiger partial charge in [-0.1, -0.05) is 6.08 Å². The number of carboxylic acids is 1. The Hall–Kier alpha value is -3.08. The summed E-state index contributed by atoms with van der Waals surface area (Å²) < 4.78 is 54.9. The highest BCUT2D eigenvalue weighted by molar-refractivity contribution is 7.91. The first-order valence-electron chi connectivity index (χ1n) is 9.98. The van der Waals surface area contributed by atoms with Crippen LogP contribution < -0.4 is 4.72 Å². The van der Waals surface area contributed by atoms with Crippen molar-refractivity contribution in [3.05, 3.63) is 82.4 Å². The van der Waals surface area contributed by atoms with Crippen molar-refractivity contribution in [3.63, 3.8) is 0 Å². The second-order valence-electron chi connectivity index (χ2n) is 7.62. The maximum absolute atomic E-state index is 13.6. The van der Waals surface area contributed by atoms with Gasteiger partial charge >= 0.3 is 5.97 Å². The zero-order valence-corrected chi connectivity index (χ0v) is 19.1. The van der Waals surface area contributed by atoms with E-state index >= 15 is 0 Å². The Kier molecular flexibility index (Phi) is 6.33. The Morgan fingerprint density at radius 2 is 2.03 bits per heavy atom. The SMILES string of the molecule is CC(=C1C=CC(F)=CC1)c1ccc(S(=O)(=O)NC(Cc2c[nH]c3ccc(F)cc23)C(=O)O)s1. The van der Waals surface area contributed by atoms with Crippen LogP contribution in [0.4, 0.5) is 8.78 Å². The minimum absolute atomic E-state index is 0.0322. The number of thiophene rings is 1. The molecular formula is C23H20F2N2O4S2. The Balaban J connectivity index is 1.56. The van der Waals surface area contributed by atoms with E-state index < -0.39 is 27.9 Å². The molecule has 0 fully saturated rings. The highest BCUT2D eigenvalue weighted by atomic mass is 32.2. The second kappa shape index (κ2) is 9.05. The molecule has 1 aromatic carbocycles. The van der Waals surface area contributed by atoms with E-state index in [1.807, 2.05) is 6.92 Å². The van der Waals surface area contributed by atoms with Crippen LogP contribution in [0.2, 0.25) is 0 Å². The third-order valence-corrected chi connectivity index (χ3v) is 8.58. The highest BCUT2D eigenvalue weighted by Gasteiger charge is 2.28. The number of H-pyrrole nitrogens is 1. The number of nitrogens with one attached hydrogen (secondary N) is 2. The minimum atomic E-state index is -4.13. The molecule has 3 N–H and O–H groups in total. The van der Waals surface area contributed by atoms with Gasteiger partial charge in [-0.15, -0.1) is 11.3 Å². The number of halogens is 2. The first kappa shape index (κ1) is 23.1. The Morgan fingerprint density at radius 3 is 2.73 bits per heavy atom. The molecule has 0 spiro atoms. The second-order valence-corrected chi connectivity index (χ2v) is 10.6. The largest absolute Gasteiger partial charge is 0.480 e. The van der Waals surface area contributed by atoms with E-state index in [4.69, 9.17) is 0 Å². The monoisotopic (exact) mass is 490 g/mol. The fraction of sp³-hybridized carbons (Fsp3) is 0.174. The molecule has 0 radical (unpaired) electrons. The summed E-state index contributed by atoms with van der Waals surface area (Å²) in [5.41, 5.74) is 2.79. The van der Waals surface area contributed by atoms with Gasteiger partial charge in [0.1, 0.15) is 21.9 Å². The van der Waals surface area contributed by atoms with Crippen molar-refractivity contribution in [1.82, 2.24) is 9.71 Å². The van der Waals surface area contributed by atoms with Crippen molar-refractivity contribution < 1.29 is 27.1 Å². The van der Waals surface area contributed by atoms with E-state index in [9.17, 15) is 27.1 Å². The lowest BCUT2D eigenvalue weighted by molar-refractivity contribution is -0.138. The van der Waals surface area contributed by atoms with Gasteiger partial charge in [0, 0.05) is 28.4 Å². The van der Waals surface area contributed by atoms with Crippen LogP contribution in [0, 0.1) is 5.82 Å². The summed E-state index contributed by atoms with van der Waals surface area (Å²) in [5, 5.41) is 10.1. The first-order chi connectivity index (χ1) is 15.6. The Bertz CT molecular complexity index is 1430. The number of benzene rings is 1. The van der Waals surface area contributed by atoms with Crippen molar-refractivity contribution in [3.8, 4) is 0 Å². The highest BCUT2D eigenvalue weighted by Crippen LogP contribution is 2.32. The summed E-state index contributed by atoms with van der Waals surface area (Å²) >= 11 is 1.00. The predicted octanol–water partition coefficient (Wildman–Crippen LogP) is 4.93. The Morgan fingerprint density at radius 1 is 1.24 bits per heavy atom. The predicted molar refractivity (Wildman–Crippen MR) is 124 cm³/mol. The third-order valence-electron chi connectivity index (χ3n) is 5.41. The van der Waals surface area contributed by atoms with Crippen molar-refractivity contribution in [2.24, 2.45) is 0 Å². The van der Waals surface area contributed by atoms with Gasteiger partial charge in [-0.3, -0.25) is 4.79 Å². The molecule has 0 aliphatic heterocycles. The van der Waals surface area contributed by atoms with E-state index in [0.717, 1.165) is 22.5 Å². The lowest BCUT2D eigenvalue weighted by Gasteiger charge is -2.14. The number of carbonyl (C=O) groups is 1. The molecule has 1 atom stereocenters. The molecule has 4 rings (SSSR count). The molecule has 0 saturated carbocycles. The van der Waals surface area contributed by atoms with Gasteiger partial charge in [-0.25, -0.2) is 17.2 Å². The zero-order valence-electron chi connectivity index (χ0n) is 17.4. The topological polar surface area (TPSA) is 99.3 Å². The van der Waals surface area contributed by atoms with Gasteiger partial charge in [0.2, 0.25) is 0 Å². The van der Waals surface area contributed by atoms with Crippen molar-refractivity contribution >= 4 is 43.8 Å². The van der Waals surface area contributed by atoms with E-state index in [1.165, 1.54) is 36.4 Å². The normalized spacial score (nSPS) is 16.6. The van der Waals surface area contributed by atoms with Crippen LogP contribution in [0.3, 0.4) is 0 Å². The van der Waals surface area contributed by atoms with Gasteiger partial charge in [-0.05, 0) is 72.5 Å². The maximum atomic E-state index is 13.6. The Labute approximate surface area is 193 Å². The van der Waals surface area contributed by atoms with E-state index in [-0.39, 0.29) is 16.5 Å². The van der Waals surface area contributed by atoms with Crippen LogP contribution in [0.5, 0.6) is 0 Å². The molecular weight excluding hydrogens is 470 g/mol. The average molecular weight is 491 g/mol.